The molecule has 1 aromatic rings. The van der Waals surface area contributed by atoms with E-state index in [1.807, 2.05) is 0 Å². The molecule has 0 fully saturated rings. The van der Waals surface area contributed by atoms with Gasteiger partial charge in [-0.2, -0.15) is 0 Å². The third-order valence-corrected chi connectivity index (χ3v) is 2.65. The zero-order valence-corrected chi connectivity index (χ0v) is 9.19. The first-order chi connectivity index (χ1) is 7.59. The molecular weight excluding hydrogens is 230 g/mol. The van der Waals surface area contributed by atoms with Gasteiger partial charge in [0.1, 0.15) is 5.71 Å². The first kappa shape index (κ1) is 10.8. The maximum absolute atomic E-state index is 11.8. The first-order valence-electron chi connectivity index (χ1n) is 4.57. The molecule has 1 aliphatic heterocycles. The molecular formula is C11H8ClNO3. The molecule has 82 valence electrons. The molecule has 1 aliphatic rings. The van der Waals surface area contributed by atoms with E-state index in [9.17, 15) is 9.59 Å². The normalized spacial score (nSPS) is 22.2. The van der Waals surface area contributed by atoms with Gasteiger partial charge in [-0.1, -0.05) is 41.9 Å². The summed E-state index contributed by atoms with van der Waals surface area (Å²) in [5, 5.41) is 0. The fourth-order valence-corrected chi connectivity index (χ4v) is 1.58. The Morgan fingerprint density at radius 1 is 1.31 bits per heavy atom. The Bertz CT molecular complexity index is 483. The van der Waals surface area contributed by atoms with Crippen LogP contribution < -0.4 is 0 Å². The summed E-state index contributed by atoms with van der Waals surface area (Å²) >= 11 is 5.81. The second-order valence-electron chi connectivity index (χ2n) is 3.27. The van der Waals surface area contributed by atoms with E-state index >= 15 is 0 Å². The smallest absolute Gasteiger partial charge is 0.356 e. The standard InChI is InChI=1S/C11H8ClNO3/c1-16-10(15)11(12)9(13-11)8(14)7-5-3-2-4-6-7/h2-6H,1H3. The summed E-state index contributed by atoms with van der Waals surface area (Å²) in [5.41, 5.74) is 0.486. The van der Waals surface area contributed by atoms with E-state index in [0.717, 1.165) is 0 Å². The number of ketones is 1. The third kappa shape index (κ3) is 1.61. The number of alkyl halides is 1. The van der Waals surface area contributed by atoms with Crippen molar-refractivity contribution in [3.63, 3.8) is 0 Å². The van der Waals surface area contributed by atoms with Gasteiger partial charge in [0.05, 0.1) is 7.11 Å². The van der Waals surface area contributed by atoms with Crippen LogP contribution in [0.15, 0.2) is 35.3 Å². The molecule has 0 aromatic heterocycles. The summed E-state index contributed by atoms with van der Waals surface area (Å²) < 4.78 is 4.46. The van der Waals surface area contributed by atoms with E-state index < -0.39 is 11.0 Å². The van der Waals surface area contributed by atoms with Crippen LogP contribution in [0.25, 0.3) is 0 Å². The van der Waals surface area contributed by atoms with Crippen LogP contribution >= 0.6 is 11.6 Å². The number of aliphatic imine (C=N–C) groups is 1. The van der Waals surface area contributed by atoms with E-state index in [0.29, 0.717) is 5.56 Å². The Kier molecular flexibility index (Phi) is 2.52. The molecule has 0 N–H and O–H groups in total. The first-order valence-corrected chi connectivity index (χ1v) is 4.95. The Morgan fingerprint density at radius 3 is 2.50 bits per heavy atom. The number of benzene rings is 1. The van der Waals surface area contributed by atoms with Gasteiger partial charge in [0.25, 0.3) is 5.00 Å². The molecule has 4 nitrogen and oxygen atoms in total. The number of rotatable bonds is 3. The van der Waals surface area contributed by atoms with Gasteiger partial charge in [0.2, 0.25) is 5.78 Å². The molecule has 0 amide bonds. The topological polar surface area (TPSA) is 55.7 Å². The monoisotopic (exact) mass is 237 g/mol. The second-order valence-corrected chi connectivity index (χ2v) is 3.82. The van der Waals surface area contributed by atoms with Crippen molar-refractivity contribution in [1.82, 2.24) is 0 Å². The summed E-state index contributed by atoms with van der Waals surface area (Å²) in [6, 6.07) is 8.52. The van der Waals surface area contributed by atoms with Crippen LogP contribution in [0.2, 0.25) is 0 Å². The van der Waals surface area contributed by atoms with Gasteiger partial charge in [-0.3, -0.25) is 4.79 Å². The fourth-order valence-electron chi connectivity index (χ4n) is 1.33. The molecule has 0 aliphatic carbocycles. The molecule has 0 saturated carbocycles. The van der Waals surface area contributed by atoms with Crippen molar-refractivity contribution in [1.29, 1.82) is 0 Å². The molecule has 1 atom stereocenters. The quantitative estimate of drug-likeness (QED) is 0.346. The largest absolute Gasteiger partial charge is 0.466 e. The number of hydrogen-bond acceptors (Lipinski definition) is 4. The lowest BCUT2D eigenvalue weighted by molar-refractivity contribution is -0.140. The Morgan fingerprint density at radius 2 is 1.94 bits per heavy atom. The number of ether oxygens (including phenoxy) is 1. The van der Waals surface area contributed by atoms with Crippen LogP contribution in [0.1, 0.15) is 10.4 Å². The summed E-state index contributed by atoms with van der Waals surface area (Å²) in [5.74, 6) is -1.07. The zero-order chi connectivity index (χ0) is 11.8. The number of carbonyl (C=O) groups is 2. The maximum Gasteiger partial charge on any atom is 0.356 e. The second kappa shape index (κ2) is 3.72. The number of nitrogens with zero attached hydrogens (tertiary/aromatic N) is 1. The lowest BCUT2D eigenvalue weighted by atomic mass is 10.1. The summed E-state index contributed by atoms with van der Waals surface area (Å²) in [7, 11) is 1.20. The van der Waals surface area contributed by atoms with Crippen LogP contribution in [0.3, 0.4) is 0 Å². The Hall–Kier alpha value is -1.68. The van der Waals surface area contributed by atoms with E-state index in [-0.39, 0.29) is 11.5 Å². The minimum atomic E-state index is -1.60. The van der Waals surface area contributed by atoms with E-state index in [1.165, 1.54) is 7.11 Å². The van der Waals surface area contributed by atoms with Crippen molar-refractivity contribution in [3.05, 3.63) is 35.9 Å². The van der Waals surface area contributed by atoms with Crippen molar-refractivity contribution in [3.8, 4) is 0 Å². The SMILES string of the molecule is COC(=O)C1(Cl)N=C1C(=O)c1ccccc1. The Balaban J connectivity index is 2.17. The molecule has 1 unspecified atom stereocenters. The molecule has 1 heterocycles. The third-order valence-electron chi connectivity index (χ3n) is 2.24. The van der Waals surface area contributed by atoms with E-state index in [2.05, 4.69) is 9.73 Å². The van der Waals surface area contributed by atoms with Gasteiger partial charge in [0, 0.05) is 5.56 Å². The van der Waals surface area contributed by atoms with Gasteiger partial charge in [-0.05, 0) is 0 Å². The van der Waals surface area contributed by atoms with Crippen molar-refractivity contribution >= 4 is 29.1 Å². The number of methoxy groups -OCH3 is 1. The summed E-state index contributed by atoms with van der Waals surface area (Å²) in [4.78, 5) is 25.1. The van der Waals surface area contributed by atoms with Crippen LogP contribution in [0.5, 0.6) is 0 Å². The highest BCUT2D eigenvalue weighted by Crippen LogP contribution is 2.35. The van der Waals surface area contributed by atoms with Gasteiger partial charge in [-0.15, -0.1) is 0 Å². The van der Waals surface area contributed by atoms with Gasteiger partial charge >= 0.3 is 5.97 Å². The van der Waals surface area contributed by atoms with E-state index in [1.54, 1.807) is 30.3 Å². The number of hydrogen-bond donors (Lipinski definition) is 0. The number of esters is 1. The highest BCUT2D eigenvalue weighted by Gasteiger charge is 2.57. The predicted octanol–water partition coefficient (Wildman–Crippen LogP) is 1.43. The molecule has 0 bridgehead atoms. The molecule has 16 heavy (non-hydrogen) atoms. The fraction of sp³-hybridized carbons (Fsp3) is 0.182. The average molecular weight is 238 g/mol. The molecule has 1 aromatic carbocycles. The maximum atomic E-state index is 11.8. The summed E-state index contributed by atoms with van der Waals surface area (Å²) in [6.07, 6.45) is 0. The lowest BCUT2D eigenvalue weighted by Gasteiger charge is -2.03. The van der Waals surface area contributed by atoms with Gasteiger partial charge in [0.15, 0.2) is 0 Å². The highest BCUT2D eigenvalue weighted by atomic mass is 35.5. The Labute approximate surface area is 96.9 Å². The molecule has 5 heteroatoms. The van der Waals surface area contributed by atoms with Crippen molar-refractivity contribution in [2.24, 2.45) is 4.99 Å². The lowest BCUT2D eigenvalue weighted by Crippen LogP contribution is -2.29. The van der Waals surface area contributed by atoms with Crippen LogP contribution in [0.4, 0.5) is 0 Å². The van der Waals surface area contributed by atoms with Gasteiger partial charge in [-0.25, -0.2) is 9.79 Å². The molecule has 2 rings (SSSR count). The number of halogens is 1. The van der Waals surface area contributed by atoms with Crippen LogP contribution in [-0.4, -0.2) is 29.6 Å². The molecule has 0 saturated heterocycles. The highest BCUT2D eigenvalue weighted by molar-refractivity contribution is 6.69. The van der Waals surface area contributed by atoms with Crippen molar-refractivity contribution in [2.75, 3.05) is 7.11 Å². The minimum absolute atomic E-state index is 0.0345. The van der Waals surface area contributed by atoms with Crippen molar-refractivity contribution < 1.29 is 14.3 Å². The predicted molar refractivity (Wildman–Crippen MR) is 58.8 cm³/mol. The summed E-state index contributed by atoms with van der Waals surface area (Å²) in [6.45, 7) is 0. The van der Waals surface area contributed by atoms with Gasteiger partial charge < -0.3 is 4.74 Å². The number of Topliss-reactive ketones (excluding diaryl/α,β-unsaturated/α-hetero) is 1. The zero-order valence-electron chi connectivity index (χ0n) is 8.44. The average Bonchev–Trinajstić information content (AvgIpc) is 3.02. The number of carbonyl (C=O) groups excluding carboxylic acids is 2. The van der Waals surface area contributed by atoms with E-state index in [4.69, 9.17) is 11.6 Å². The van der Waals surface area contributed by atoms with Crippen LogP contribution in [0, 0.1) is 0 Å². The minimum Gasteiger partial charge on any atom is -0.466 e. The van der Waals surface area contributed by atoms with Crippen molar-refractivity contribution in [2.45, 2.75) is 5.00 Å². The van der Waals surface area contributed by atoms with Crippen LogP contribution in [-0.2, 0) is 9.53 Å². The molecule has 0 radical (unpaired) electrons. The molecule has 0 spiro atoms.